The fraction of sp³-hybridized carbons (Fsp3) is 0.733. The lowest BCUT2D eigenvalue weighted by molar-refractivity contribution is -0.159. The van der Waals surface area contributed by atoms with Gasteiger partial charge in [-0.15, -0.1) is 0 Å². The van der Waals surface area contributed by atoms with Gasteiger partial charge in [0.2, 0.25) is 11.8 Å². The third-order valence-electron chi connectivity index (χ3n) is 4.39. The average Bonchev–Trinajstić information content (AvgIpc) is 2.86. The van der Waals surface area contributed by atoms with Crippen molar-refractivity contribution in [3.05, 3.63) is 12.2 Å². The van der Waals surface area contributed by atoms with Crippen LogP contribution in [0.1, 0.15) is 47.0 Å². The van der Waals surface area contributed by atoms with Crippen molar-refractivity contribution in [2.45, 2.75) is 64.6 Å². The first-order valence-corrected chi connectivity index (χ1v) is 7.20. The fourth-order valence-electron chi connectivity index (χ4n) is 3.02. The second-order valence-electron chi connectivity index (χ2n) is 6.17. The molecular weight excluding hydrogens is 240 g/mol. The number of hydrogen-bond donors (Lipinski definition) is 1. The van der Waals surface area contributed by atoms with Gasteiger partial charge < -0.3 is 10.2 Å². The Kier molecular flexibility index (Phi) is 3.70. The van der Waals surface area contributed by atoms with Gasteiger partial charge in [0.05, 0.1) is 0 Å². The second-order valence-corrected chi connectivity index (χ2v) is 6.17. The third kappa shape index (κ3) is 2.28. The number of hydrogen-bond acceptors (Lipinski definition) is 2. The zero-order valence-electron chi connectivity index (χ0n) is 12.3. The van der Waals surface area contributed by atoms with Crippen LogP contribution < -0.4 is 5.32 Å². The van der Waals surface area contributed by atoms with E-state index in [1.807, 2.05) is 32.6 Å². The average molecular weight is 264 g/mol. The molecule has 1 fully saturated rings. The molecule has 1 saturated heterocycles. The SMILES string of the molecule is CCC1(C)NC(=O)C(C(C)C)N(C2CC=CC2)C1=O. The van der Waals surface area contributed by atoms with Crippen molar-refractivity contribution in [2.75, 3.05) is 0 Å². The summed E-state index contributed by atoms with van der Waals surface area (Å²) in [5.41, 5.74) is -0.745. The molecule has 1 aliphatic heterocycles. The van der Waals surface area contributed by atoms with E-state index in [-0.39, 0.29) is 29.8 Å². The van der Waals surface area contributed by atoms with Crippen LogP contribution in [-0.2, 0) is 9.59 Å². The predicted octanol–water partition coefficient (Wildman–Crippen LogP) is 1.86. The van der Waals surface area contributed by atoms with Crippen LogP contribution in [0.2, 0.25) is 0 Å². The number of carbonyl (C=O) groups excluding carboxylic acids is 2. The highest BCUT2D eigenvalue weighted by atomic mass is 16.2. The Balaban J connectivity index is 2.35. The maximum absolute atomic E-state index is 12.8. The first kappa shape index (κ1) is 14.1. The highest BCUT2D eigenvalue weighted by Gasteiger charge is 2.50. The summed E-state index contributed by atoms with van der Waals surface area (Å²) in [5, 5.41) is 2.93. The van der Waals surface area contributed by atoms with Gasteiger partial charge in [0, 0.05) is 6.04 Å². The van der Waals surface area contributed by atoms with E-state index in [4.69, 9.17) is 0 Å². The third-order valence-corrected chi connectivity index (χ3v) is 4.39. The molecule has 1 N–H and O–H groups in total. The van der Waals surface area contributed by atoms with Crippen LogP contribution in [0.3, 0.4) is 0 Å². The smallest absolute Gasteiger partial charge is 0.248 e. The number of nitrogens with one attached hydrogen (secondary N) is 1. The van der Waals surface area contributed by atoms with Gasteiger partial charge in [-0.25, -0.2) is 0 Å². The Hall–Kier alpha value is -1.32. The topological polar surface area (TPSA) is 49.4 Å². The summed E-state index contributed by atoms with van der Waals surface area (Å²) in [6.45, 7) is 7.78. The van der Waals surface area contributed by atoms with Crippen LogP contribution in [0.5, 0.6) is 0 Å². The van der Waals surface area contributed by atoms with Crippen LogP contribution in [-0.4, -0.2) is 34.3 Å². The van der Waals surface area contributed by atoms with Crippen LogP contribution in [0.15, 0.2) is 12.2 Å². The summed E-state index contributed by atoms with van der Waals surface area (Å²) in [6, 6.07) is -0.186. The van der Waals surface area contributed by atoms with Crippen LogP contribution in [0.25, 0.3) is 0 Å². The van der Waals surface area contributed by atoms with Crippen molar-refractivity contribution < 1.29 is 9.59 Å². The lowest BCUT2D eigenvalue weighted by atomic mass is 9.87. The van der Waals surface area contributed by atoms with E-state index in [0.717, 1.165) is 12.8 Å². The predicted molar refractivity (Wildman–Crippen MR) is 74.5 cm³/mol. The molecule has 0 aromatic carbocycles. The standard InChI is InChI=1S/C15H24N2O2/c1-5-15(4)14(19)17(11-8-6-7-9-11)12(10(2)3)13(18)16-15/h6-7,10-12H,5,8-9H2,1-4H3,(H,16,18). The molecule has 2 aliphatic rings. The monoisotopic (exact) mass is 264 g/mol. The molecule has 106 valence electrons. The van der Waals surface area contributed by atoms with Gasteiger partial charge in [-0.1, -0.05) is 32.9 Å². The number of nitrogens with zero attached hydrogens (tertiary/aromatic N) is 1. The molecule has 0 saturated carbocycles. The van der Waals surface area contributed by atoms with Crippen molar-refractivity contribution >= 4 is 11.8 Å². The largest absolute Gasteiger partial charge is 0.340 e. The normalized spacial score (nSPS) is 32.3. The molecule has 19 heavy (non-hydrogen) atoms. The van der Waals surface area contributed by atoms with Crippen LogP contribution in [0, 0.1) is 5.92 Å². The van der Waals surface area contributed by atoms with Crippen LogP contribution in [0.4, 0.5) is 0 Å². The molecule has 1 aliphatic carbocycles. The van der Waals surface area contributed by atoms with Gasteiger partial charge >= 0.3 is 0 Å². The minimum absolute atomic E-state index is 0.00847. The highest BCUT2D eigenvalue weighted by molar-refractivity contribution is 5.99. The lowest BCUT2D eigenvalue weighted by Crippen LogP contribution is -2.71. The maximum Gasteiger partial charge on any atom is 0.248 e. The molecule has 2 unspecified atom stereocenters. The molecule has 0 aromatic rings. The quantitative estimate of drug-likeness (QED) is 0.791. The number of rotatable bonds is 3. The fourth-order valence-corrected chi connectivity index (χ4v) is 3.02. The van der Waals surface area contributed by atoms with Crippen molar-refractivity contribution in [1.29, 1.82) is 0 Å². The highest BCUT2D eigenvalue weighted by Crippen LogP contribution is 2.30. The molecule has 4 heteroatoms. The molecule has 4 nitrogen and oxygen atoms in total. The Morgan fingerprint density at radius 2 is 1.95 bits per heavy atom. The molecule has 1 heterocycles. The number of piperazine rings is 1. The molecule has 2 rings (SSSR count). The number of carbonyl (C=O) groups is 2. The summed E-state index contributed by atoms with van der Waals surface area (Å²) in [4.78, 5) is 27.1. The van der Waals surface area contributed by atoms with Gasteiger partial charge in [0.1, 0.15) is 11.6 Å². The van der Waals surface area contributed by atoms with Crippen molar-refractivity contribution in [2.24, 2.45) is 5.92 Å². The molecule has 0 spiro atoms. The molecule has 0 bridgehead atoms. The minimum Gasteiger partial charge on any atom is -0.340 e. The Morgan fingerprint density at radius 3 is 2.42 bits per heavy atom. The Bertz CT molecular complexity index is 408. The van der Waals surface area contributed by atoms with E-state index in [9.17, 15) is 9.59 Å². The van der Waals surface area contributed by atoms with Crippen molar-refractivity contribution in [1.82, 2.24) is 10.2 Å². The van der Waals surface area contributed by atoms with E-state index >= 15 is 0 Å². The van der Waals surface area contributed by atoms with Gasteiger partial charge in [0.15, 0.2) is 0 Å². The van der Waals surface area contributed by atoms with Gasteiger partial charge in [-0.3, -0.25) is 9.59 Å². The minimum atomic E-state index is -0.745. The first-order valence-electron chi connectivity index (χ1n) is 7.20. The first-order chi connectivity index (χ1) is 8.90. The Morgan fingerprint density at radius 1 is 1.37 bits per heavy atom. The summed E-state index contributed by atoms with van der Waals surface area (Å²) < 4.78 is 0. The van der Waals surface area contributed by atoms with Gasteiger partial charge in [0.25, 0.3) is 0 Å². The maximum atomic E-state index is 12.8. The van der Waals surface area contributed by atoms with E-state index in [1.54, 1.807) is 0 Å². The molecule has 0 radical (unpaired) electrons. The van der Waals surface area contributed by atoms with Crippen LogP contribution >= 0.6 is 0 Å². The zero-order chi connectivity index (χ0) is 14.2. The van der Waals surface area contributed by atoms with Crippen molar-refractivity contribution in [3.8, 4) is 0 Å². The summed E-state index contributed by atoms with van der Waals surface area (Å²) >= 11 is 0. The molecular formula is C15H24N2O2. The summed E-state index contributed by atoms with van der Waals surface area (Å²) in [5.74, 6) is 0.193. The zero-order valence-corrected chi connectivity index (χ0v) is 12.3. The number of amides is 2. The van der Waals surface area contributed by atoms with Crippen molar-refractivity contribution in [3.63, 3.8) is 0 Å². The van der Waals surface area contributed by atoms with Gasteiger partial charge in [-0.2, -0.15) is 0 Å². The van der Waals surface area contributed by atoms with E-state index in [2.05, 4.69) is 17.5 Å². The summed E-state index contributed by atoms with van der Waals surface area (Å²) in [7, 11) is 0. The summed E-state index contributed by atoms with van der Waals surface area (Å²) in [6.07, 6.45) is 6.55. The lowest BCUT2D eigenvalue weighted by Gasteiger charge is -2.48. The molecule has 0 aromatic heterocycles. The van der Waals surface area contributed by atoms with E-state index < -0.39 is 5.54 Å². The van der Waals surface area contributed by atoms with Gasteiger partial charge in [-0.05, 0) is 32.1 Å². The van der Waals surface area contributed by atoms with E-state index in [0.29, 0.717) is 6.42 Å². The second kappa shape index (κ2) is 4.99. The molecule has 2 atom stereocenters. The van der Waals surface area contributed by atoms with E-state index in [1.165, 1.54) is 0 Å². The molecule has 2 amide bonds. The Labute approximate surface area is 115 Å².